The molecular weight excluding hydrogens is 469 g/mol. The molecule has 1 aromatic heterocycles. The molecule has 1 atom stereocenters. The van der Waals surface area contributed by atoms with E-state index in [-0.39, 0.29) is 10.8 Å². The summed E-state index contributed by atoms with van der Waals surface area (Å²) >= 11 is 12.0. The molecular formula is C23H17Cl2N3O3S. The SMILES string of the molecule is CN1c2ccc(C(=O)NCc3cccnc3)cc2C(=O)/C(=C/c2ccc(Cl)c(Cl)c2)S1=O. The van der Waals surface area contributed by atoms with Crippen LogP contribution in [0.3, 0.4) is 0 Å². The molecule has 0 saturated heterocycles. The van der Waals surface area contributed by atoms with E-state index >= 15 is 0 Å². The smallest absolute Gasteiger partial charge is 0.251 e. The Morgan fingerprint density at radius 2 is 1.97 bits per heavy atom. The third-order valence-electron chi connectivity index (χ3n) is 4.92. The van der Waals surface area contributed by atoms with Crippen LogP contribution >= 0.6 is 23.2 Å². The Morgan fingerprint density at radius 1 is 1.16 bits per heavy atom. The summed E-state index contributed by atoms with van der Waals surface area (Å²) in [4.78, 5) is 29.9. The van der Waals surface area contributed by atoms with Crippen LogP contribution in [0.2, 0.25) is 10.0 Å². The van der Waals surface area contributed by atoms with Gasteiger partial charge in [-0.15, -0.1) is 0 Å². The van der Waals surface area contributed by atoms with E-state index in [9.17, 15) is 13.8 Å². The number of carbonyl (C=O) groups excluding carboxylic acids is 2. The molecule has 1 unspecified atom stereocenters. The molecule has 1 aliphatic heterocycles. The number of carbonyl (C=O) groups is 2. The number of rotatable bonds is 4. The lowest BCUT2D eigenvalue weighted by Gasteiger charge is -2.27. The van der Waals surface area contributed by atoms with Gasteiger partial charge in [-0.2, -0.15) is 0 Å². The molecule has 2 heterocycles. The maximum absolute atomic E-state index is 13.2. The van der Waals surface area contributed by atoms with Crippen molar-refractivity contribution in [2.45, 2.75) is 6.54 Å². The molecule has 0 saturated carbocycles. The molecule has 1 N–H and O–H groups in total. The number of nitrogens with zero attached hydrogens (tertiary/aromatic N) is 2. The average molecular weight is 486 g/mol. The van der Waals surface area contributed by atoms with Gasteiger partial charge in [-0.3, -0.25) is 18.9 Å². The van der Waals surface area contributed by atoms with Crippen molar-refractivity contribution in [3.63, 3.8) is 0 Å². The minimum absolute atomic E-state index is 0.0892. The van der Waals surface area contributed by atoms with Crippen LogP contribution in [0.15, 0.2) is 65.8 Å². The van der Waals surface area contributed by atoms with Crippen molar-refractivity contribution in [3.05, 3.63) is 98.1 Å². The summed E-state index contributed by atoms with van der Waals surface area (Å²) in [5.74, 6) is -0.738. The fourth-order valence-corrected chi connectivity index (χ4v) is 4.68. The first kappa shape index (κ1) is 22.2. The molecule has 0 aliphatic carbocycles. The number of anilines is 1. The average Bonchev–Trinajstić information content (AvgIpc) is 2.81. The van der Waals surface area contributed by atoms with Crippen LogP contribution in [0.4, 0.5) is 5.69 Å². The number of aromatic nitrogens is 1. The number of nitrogens with one attached hydrogen (secondary N) is 1. The normalized spacial score (nSPS) is 16.7. The highest BCUT2D eigenvalue weighted by molar-refractivity contribution is 7.91. The van der Waals surface area contributed by atoms with Gasteiger partial charge >= 0.3 is 0 Å². The van der Waals surface area contributed by atoms with Gasteiger partial charge in [-0.1, -0.05) is 35.3 Å². The first-order chi connectivity index (χ1) is 15.3. The maximum Gasteiger partial charge on any atom is 0.251 e. The van der Waals surface area contributed by atoms with E-state index < -0.39 is 16.8 Å². The van der Waals surface area contributed by atoms with Crippen molar-refractivity contribution < 1.29 is 13.8 Å². The fraction of sp³-hybridized carbons (Fsp3) is 0.0870. The van der Waals surface area contributed by atoms with Gasteiger partial charge in [0.05, 0.1) is 15.7 Å². The van der Waals surface area contributed by atoms with Gasteiger partial charge < -0.3 is 5.32 Å². The fourth-order valence-electron chi connectivity index (χ4n) is 3.24. The van der Waals surface area contributed by atoms with E-state index in [1.54, 1.807) is 55.8 Å². The third kappa shape index (κ3) is 4.46. The predicted molar refractivity (Wildman–Crippen MR) is 127 cm³/mol. The lowest BCUT2D eigenvalue weighted by molar-refractivity contribution is 0.0951. The number of ketones is 1. The predicted octanol–water partition coefficient (Wildman–Crippen LogP) is 4.66. The topological polar surface area (TPSA) is 79.4 Å². The highest BCUT2D eigenvalue weighted by Crippen LogP contribution is 2.34. The van der Waals surface area contributed by atoms with E-state index in [4.69, 9.17) is 23.2 Å². The summed E-state index contributed by atoms with van der Waals surface area (Å²) in [6.07, 6.45) is 4.85. The largest absolute Gasteiger partial charge is 0.348 e. The highest BCUT2D eigenvalue weighted by atomic mass is 35.5. The van der Waals surface area contributed by atoms with Gasteiger partial charge in [0.1, 0.15) is 4.91 Å². The number of fused-ring (bicyclic) bond motifs is 1. The van der Waals surface area contributed by atoms with E-state index in [1.165, 1.54) is 16.4 Å². The Hall–Kier alpha value is -3.00. The Bertz CT molecular complexity index is 1280. The van der Waals surface area contributed by atoms with Gasteiger partial charge in [-0.05, 0) is 53.6 Å². The van der Waals surface area contributed by atoms with Crippen LogP contribution in [-0.2, 0) is 17.5 Å². The number of pyridine rings is 1. The van der Waals surface area contributed by atoms with Crippen molar-refractivity contribution in [2.75, 3.05) is 11.4 Å². The van der Waals surface area contributed by atoms with Crippen LogP contribution in [0.5, 0.6) is 0 Å². The van der Waals surface area contributed by atoms with Crippen molar-refractivity contribution in [1.82, 2.24) is 10.3 Å². The zero-order chi connectivity index (χ0) is 22.8. The van der Waals surface area contributed by atoms with Crippen LogP contribution < -0.4 is 9.62 Å². The minimum Gasteiger partial charge on any atom is -0.348 e. The first-order valence-corrected chi connectivity index (χ1v) is 11.4. The molecule has 0 fully saturated rings. The number of allylic oxidation sites excluding steroid dienone is 1. The van der Waals surface area contributed by atoms with Crippen LogP contribution in [0.25, 0.3) is 6.08 Å². The van der Waals surface area contributed by atoms with E-state index in [2.05, 4.69) is 10.3 Å². The molecule has 9 heteroatoms. The van der Waals surface area contributed by atoms with E-state index in [1.807, 2.05) is 6.07 Å². The summed E-state index contributed by atoms with van der Waals surface area (Å²) in [6, 6.07) is 13.3. The summed E-state index contributed by atoms with van der Waals surface area (Å²) in [7, 11) is -0.0798. The van der Waals surface area contributed by atoms with Crippen molar-refractivity contribution in [3.8, 4) is 0 Å². The molecule has 2 aromatic carbocycles. The molecule has 0 radical (unpaired) electrons. The lowest BCUT2D eigenvalue weighted by Crippen LogP contribution is -2.32. The molecule has 0 bridgehead atoms. The summed E-state index contributed by atoms with van der Waals surface area (Å²) in [6.45, 7) is 0.310. The number of amides is 1. The number of hydrogen-bond donors (Lipinski definition) is 1. The molecule has 3 aromatic rings. The number of hydrogen-bond acceptors (Lipinski definition) is 4. The molecule has 6 nitrogen and oxygen atoms in total. The highest BCUT2D eigenvalue weighted by Gasteiger charge is 2.32. The van der Waals surface area contributed by atoms with Crippen molar-refractivity contribution in [1.29, 1.82) is 0 Å². The molecule has 162 valence electrons. The van der Waals surface area contributed by atoms with Gasteiger partial charge in [0.25, 0.3) is 5.91 Å². The molecule has 1 aliphatic rings. The Balaban J connectivity index is 1.64. The summed E-state index contributed by atoms with van der Waals surface area (Å²) in [5, 5.41) is 3.53. The number of Topliss-reactive ketones (excluding diaryl/α,β-unsaturated/α-hetero) is 1. The quantitative estimate of drug-likeness (QED) is 0.545. The summed E-state index contributed by atoms with van der Waals surface area (Å²) < 4.78 is 14.4. The number of benzene rings is 2. The minimum atomic E-state index is -1.71. The van der Waals surface area contributed by atoms with E-state index in [0.29, 0.717) is 39.0 Å². The zero-order valence-corrected chi connectivity index (χ0v) is 19.2. The van der Waals surface area contributed by atoms with Crippen LogP contribution in [0, 0.1) is 0 Å². The molecule has 0 spiro atoms. The van der Waals surface area contributed by atoms with Gasteiger partial charge in [-0.25, -0.2) is 4.21 Å². The second kappa shape index (κ2) is 9.24. The Kier molecular flexibility index (Phi) is 6.41. The molecule has 4 rings (SSSR count). The third-order valence-corrected chi connectivity index (χ3v) is 7.03. The lowest BCUT2D eigenvalue weighted by atomic mass is 10.0. The Morgan fingerprint density at radius 3 is 2.69 bits per heavy atom. The second-order valence-electron chi connectivity index (χ2n) is 7.03. The van der Waals surface area contributed by atoms with Gasteiger partial charge in [0, 0.05) is 37.1 Å². The van der Waals surface area contributed by atoms with Gasteiger partial charge in [0.2, 0.25) is 5.78 Å². The second-order valence-corrected chi connectivity index (χ2v) is 9.33. The van der Waals surface area contributed by atoms with Crippen molar-refractivity contribution >= 4 is 57.6 Å². The first-order valence-electron chi connectivity index (χ1n) is 9.53. The standard InChI is InChI=1S/C23H17Cl2N3O3S/c1-28-20-7-5-16(23(30)27-13-15-3-2-8-26-12-15)11-17(20)22(29)21(32(28)31)10-14-4-6-18(24)19(25)9-14/h2-12H,13H2,1H3,(H,27,30)/b21-10-. The molecule has 32 heavy (non-hydrogen) atoms. The monoisotopic (exact) mass is 485 g/mol. The van der Waals surface area contributed by atoms with Crippen LogP contribution in [0.1, 0.15) is 31.8 Å². The zero-order valence-electron chi connectivity index (χ0n) is 16.8. The number of halogens is 2. The van der Waals surface area contributed by atoms with Gasteiger partial charge in [0.15, 0.2) is 11.0 Å². The molecule has 1 amide bonds. The Labute approximate surface area is 197 Å². The maximum atomic E-state index is 13.2. The summed E-state index contributed by atoms with van der Waals surface area (Å²) in [5.41, 5.74) is 2.57. The van der Waals surface area contributed by atoms with E-state index in [0.717, 1.165) is 5.56 Å². The van der Waals surface area contributed by atoms with Crippen molar-refractivity contribution in [2.24, 2.45) is 0 Å². The van der Waals surface area contributed by atoms with Crippen LogP contribution in [-0.4, -0.2) is 27.9 Å².